The average molecular weight is 255 g/mol. The Bertz CT molecular complexity index is 360. The smallest absolute Gasteiger partial charge is 0.333 e. The lowest BCUT2D eigenvalue weighted by Crippen LogP contribution is -2.48. The van der Waals surface area contributed by atoms with Crippen LogP contribution in [0.25, 0.3) is 0 Å². The number of carbonyl (C=O) groups is 3. The lowest BCUT2D eigenvalue weighted by Gasteiger charge is -2.31. The van der Waals surface area contributed by atoms with E-state index < -0.39 is 17.7 Å². The van der Waals surface area contributed by atoms with Crippen molar-refractivity contribution in [3.63, 3.8) is 0 Å². The Morgan fingerprint density at radius 2 is 1.67 bits per heavy atom. The summed E-state index contributed by atoms with van der Waals surface area (Å²) in [6.07, 6.45) is 0. The summed E-state index contributed by atoms with van der Waals surface area (Å²) in [4.78, 5) is 35.5. The highest BCUT2D eigenvalue weighted by Crippen LogP contribution is 2.08. The highest BCUT2D eigenvalue weighted by Gasteiger charge is 2.26. The van der Waals surface area contributed by atoms with Gasteiger partial charge in [0.2, 0.25) is 5.78 Å². The second-order valence-electron chi connectivity index (χ2n) is 4.59. The molecule has 1 unspecified atom stereocenters. The second-order valence-corrected chi connectivity index (χ2v) is 4.59. The summed E-state index contributed by atoms with van der Waals surface area (Å²) >= 11 is 0. The third kappa shape index (κ3) is 4.69. The van der Waals surface area contributed by atoms with Crippen LogP contribution in [0.1, 0.15) is 34.6 Å². The summed E-state index contributed by atoms with van der Waals surface area (Å²) in [6, 6.07) is -0.496. The first-order chi connectivity index (χ1) is 8.18. The van der Waals surface area contributed by atoms with Crippen LogP contribution >= 0.6 is 0 Å². The topological polar surface area (TPSA) is 63.7 Å². The van der Waals surface area contributed by atoms with Gasteiger partial charge < -0.3 is 9.64 Å². The zero-order valence-corrected chi connectivity index (χ0v) is 11.6. The van der Waals surface area contributed by atoms with E-state index in [4.69, 9.17) is 4.74 Å². The maximum Gasteiger partial charge on any atom is 0.333 e. The van der Waals surface area contributed by atoms with E-state index in [1.165, 1.54) is 11.8 Å². The lowest BCUT2D eigenvalue weighted by atomic mass is 10.2. The van der Waals surface area contributed by atoms with E-state index in [2.05, 4.69) is 6.58 Å². The van der Waals surface area contributed by atoms with Crippen molar-refractivity contribution in [1.29, 1.82) is 0 Å². The van der Waals surface area contributed by atoms with Crippen molar-refractivity contribution >= 4 is 17.7 Å². The van der Waals surface area contributed by atoms with E-state index in [9.17, 15) is 14.4 Å². The van der Waals surface area contributed by atoms with Gasteiger partial charge in [0, 0.05) is 18.5 Å². The Labute approximate surface area is 108 Å². The van der Waals surface area contributed by atoms with Gasteiger partial charge in [-0.1, -0.05) is 6.58 Å². The van der Waals surface area contributed by atoms with Crippen LogP contribution in [0.2, 0.25) is 0 Å². The number of esters is 1. The van der Waals surface area contributed by atoms with E-state index in [-0.39, 0.29) is 18.7 Å². The summed E-state index contributed by atoms with van der Waals surface area (Å²) in [5.74, 6) is -1.59. The number of amides is 1. The molecule has 0 aromatic heterocycles. The van der Waals surface area contributed by atoms with Gasteiger partial charge in [0.25, 0.3) is 5.91 Å². The van der Waals surface area contributed by atoms with Crippen molar-refractivity contribution in [2.24, 2.45) is 0 Å². The second kappa shape index (κ2) is 6.93. The molecule has 5 heteroatoms. The first-order valence-corrected chi connectivity index (χ1v) is 5.84. The fourth-order valence-corrected chi connectivity index (χ4v) is 1.53. The van der Waals surface area contributed by atoms with Crippen LogP contribution in [0.5, 0.6) is 0 Å². The molecule has 0 aliphatic carbocycles. The minimum Gasteiger partial charge on any atom is -0.460 e. The van der Waals surface area contributed by atoms with E-state index in [0.29, 0.717) is 5.57 Å². The van der Waals surface area contributed by atoms with E-state index >= 15 is 0 Å². The number of ketones is 1. The molecule has 0 bridgehead atoms. The molecule has 0 saturated heterocycles. The van der Waals surface area contributed by atoms with Crippen LogP contribution in [0.15, 0.2) is 12.2 Å². The Balaban J connectivity index is 4.64. The summed E-state index contributed by atoms with van der Waals surface area (Å²) in [5.41, 5.74) is 0.302. The molecule has 0 heterocycles. The molecule has 0 spiro atoms. The van der Waals surface area contributed by atoms with Gasteiger partial charge in [-0.15, -0.1) is 0 Å². The molecule has 1 amide bonds. The molecular formula is C13H21NO4. The molecule has 0 saturated carbocycles. The van der Waals surface area contributed by atoms with Crippen molar-refractivity contribution in [3.05, 3.63) is 12.2 Å². The molecule has 0 aromatic rings. The third-order valence-corrected chi connectivity index (χ3v) is 2.37. The number of nitrogens with zero attached hydrogens (tertiary/aromatic N) is 1. The highest BCUT2D eigenvalue weighted by molar-refractivity contribution is 6.35. The summed E-state index contributed by atoms with van der Waals surface area (Å²) in [7, 11) is 0. The van der Waals surface area contributed by atoms with Crippen LogP contribution in [0, 0.1) is 0 Å². The molecule has 0 N–H and O–H groups in total. The molecule has 0 fully saturated rings. The number of hydrogen-bond acceptors (Lipinski definition) is 4. The van der Waals surface area contributed by atoms with Crippen molar-refractivity contribution in [2.45, 2.75) is 46.7 Å². The van der Waals surface area contributed by atoms with Crippen LogP contribution in [-0.4, -0.2) is 41.3 Å². The fraction of sp³-hybridized carbons (Fsp3) is 0.615. The third-order valence-electron chi connectivity index (χ3n) is 2.37. The van der Waals surface area contributed by atoms with E-state index in [1.807, 2.05) is 0 Å². The van der Waals surface area contributed by atoms with Gasteiger partial charge in [-0.2, -0.15) is 0 Å². The number of carbonyl (C=O) groups excluding carboxylic acids is 3. The van der Waals surface area contributed by atoms with Crippen molar-refractivity contribution in [1.82, 2.24) is 4.90 Å². The Hall–Kier alpha value is -1.65. The summed E-state index contributed by atoms with van der Waals surface area (Å²) < 4.78 is 4.98. The molecular weight excluding hydrogens is 234 g/mol. The minimum atomic E-state index is -0.566. The predicted octanol–water partition coefficient (Wildman–Crippen LogP) is 1.32. The van der Waals surface area contributed by atoms with Crippen LogP contribution < -0.4 is 0 Å². The van der Waals surface area contributed by atoms with Gasteiger partial charge in [-0.05, 0) is 27.7 Å². The molecule has 1 atom stereocenters. The van der Waals surface area contributed by atoms with Crippen molar-refractivity contribution < 1.29 is 19.1 Å². The Morgan fingerprint density at radius 3 is 2.00 bits per heavy atom. The van der Waals surface area contributed by atoms with Crippen molar-refractivity contribution in [2.75, 3.05) is 6.61 Å². The van der Waals surface area contributed by atoms with Crippen molar-refractivity contribution in [3.8, 4) is 0 Å². The quantitative estimate of drug-likeness (QED) is 0.408. The molecule has 0 aliphatic rings. The lowest BCUT2D eigenvalue weighted by molar-refractivity contribution is -0.150. The van der Waals surface area contributed by atoms with Gasteiger partial charge in [0.05, 0.1) is 6.04 Å². The molecule has 0 aliphatic heterocycles. The van der Waals surface area contributed by atoms with Crippen LogP contribution in [-0.2, 0) is 19.1 Å². The maximum atomic E-state index is 11.7. The van der Waals surface area contributed by atoms with Gasteiger partial charge in [-0.25, -0.2) is 4.79 Å². The summed E-state index contributed by atoms with van der Waals surface area (Å²) in [5, 5.41) is 0. The van der Waals surface area contributed by atoms with E-state index in [1.54, 1.807) is 27.7 Å². The van der Waals surface area contributed by atoms with Gasteiger partial charge in [-0.3, -0.25) is 9.59 Å². The van der Waals surface area contributed by atoms with E-state index in [0.717, 1.165) is 0 Å². The van der Waals surface area contributed by atoms with Gasteiger partial charge >= 0.3 is 5.97 Å². The molecule has 0 aromatic carbocycles. The first-order valence-electron chi connectivity index (χ1n) is 5.84. The average Bonchev–Trinajstić information content (AvgIpc) is 2.24. The predicted molar refractivity (Wildman–Crippen MR) is 67.9 cm³/mol. The number of ether oxygens (including phenoxy) is 1. The number of Topliss-reactive ketones (excluding diaryl/α,β-unsaturated/α-hetero) is 1. The maximum absolute atomic E-state index is 11.7. The number of rotatable bonds is 6. The molecule has 5 nitrogen and oxygen atoms in total. The summed E-state index contributed by atoms with van der Waals surface area (Å²) in [6.45, 7) is 11.6. The van der Waals surface area contributed by atoms with Crippen LogP contribution in [0.3, 0.4) is 0 Å². The fourth-order valence-electron chi connectivity index (χ4n) is 1.53. The zero-order valence-electron chi connectivity index (χ0n) is 11.6. The van der Waals surface area contributed by atoms with Gasteiger partial charge in [0.1, 0.15) is 6.61 Å². The minimum absolute atomic E-state index is 0.0445. The highest BCUT2D eigenvalue weighted by atomic mass is 16.5. The standard InChI is InChI=1S/C13H21NO4/c1-8(2)13(17)18-7-10(5)14(9(3)4)12(16)11(6)15/h9-10H,1,7H2,2-6H3. The Kier molecular flexibility index (Phi) is 6.30. The molecule has 0 radical (unpaired) electrons. The SMILES string of the molecule is C=C(C)C(=O)OCC(C)N(C(=O)C(C)=O)C(C)C. The zero-order chi connectivity index (χ0) is 14.5. The molecule has 0 rings (SSSR count). The van der Waals surface area contributed by atoms with Crippen LogP contribution in [0.4, 0.5) is 0 Å². The van der Waals surface area contributed by atoms with Gasteiger partial charge in [0.15, 0.2) is 0 Å². The Morgan fingerprint density at radius 1 is 1.17 bits per heavy atom. The monoisotopic (exact) mass is 255 g/mol. The number of hydrogen-bond donors (Lipinski definition) is 0. The molecule has 18 heavy (non-hydrogen) atoms. The molecule has 102 valence electrons. The largest absolute Gasteiger partial charge is 0.460 e. The first kappa shape index (κ1) is 16.4. The normalized spacial score (nSPS) is 11.9.